The van der Waals surface area contributed by atoms with Crippen LogP contribution in [-0.2, 0) is 4.74 Å². The molecule has 1 saturated heterocycles. The lowest BCUT2D eigenvalue weighted by Crippen LogP contribution is -2.69. The average Bonchev–Trinajstić information content (AvgIpc) is 3.15. The number of benzene rings is 1. The van der Waals surface area contributed by atoms with Crippen molar-refractivity contribution in [3.63, 3.8) is 0 Å². The molecule has 1 aliphatic heterocycles. The summed E-state index contributed by atoms with van der Waals surface area (Å²) in [5, 5.41) is 7.45. The van der Waals surface area contributed by atoms with Gasteiger partial charge in [-0.25, -0.2) is 9.07 Å². The minimum atomic E-state index is -0.312. The summed E-state index contributed by atoms with van der Waals surface area (Å²) in [5.41, 5.74) is 8.73. The lowest BCUT2D eigenvalue weighted by molar-refractivity contribution is -0.0161. The van der Waals surface area contributed by atoms with Gasteiger partial charge in [-0.1, -0.05) is 0 Å². The van der Waals surface area contributed by atoms with E-state index < -0.39 is 0 Å². The van der Waals surface area contributed by atoms with Gasteiger partial charge in [0.1, 0.15) is 5.82 Å². The lowest BCUT2D eigenvalue weighted by Gasteiger charge is -2.45. The first-order chi connectivity index (χ1) is 12.0. The van der Waals surface area contributed by atoms with Crippen molar-refractivity contribution in [3.05, 3.63) is 47.0 Å². The van der Waals surface area contributed by atoms with Gasteiger partial charge in [-0.15, -0.1) is 0 Å². The topological polar surface area (TPSA) is 82.2 Å². The van der Waals surface area contributed by atoms with Crippen LogP contribution in [0, 0.1) is 25.6 Å². The number of nitrogens with two attached hydrogens (primary N) is 1. The highest BCUT2D eigenvalue weighted by Crippen LogP contribution is 2.38. The highest BCUT2D eigenvalue weighted by Gasteiger charge is 2.52. The number of nitrogens with one attached hydrogen (secondary N) is 1. The van der Waals surface area contributed by atoms with E-state index in [4.69, 9.17) is 10.5 Å². The van der Waals surface area contributed by atoms with Crippen molar-refractivity contribution in [3.8, 4) is 5.69 Å². The van der Waals surface area contributed by atoms with Gasteiger partial charge >= 0.3 is 0 Å². The number of carbonyl (C=O) groups excluding carboxylic acids is 1. The quantitative estimate of drug-likeness (QED) is 0.883. The zero-order valence-electron chi connectivity index (χ0n) is 14.2. The number of halogens is 1. The van der Waals surface area contributed by atoms with Crippen molar-refractivity contribution < 1.29 is 13.9 Å². The summed E-state index contributed by atoms with van der Waals surface area (Å²) in [6, 6.07) is 5.79. The molecule has 1 aromatic carbocycles. The molecule has 4 atom stereocenters. The van der Waals surface area contributed by atoms with Gasteiger partial charge in [0.05, 0.1) is 34.8 Å². The van der Waals surface area contributed by atoms with Gasteiger partial charge in [0, 0.05) is 18.6 Å². The standard InChI is InChI=1S/C18H21FN4O2/c1-9-14(10(2)23(22-9)12-5-3-11(19)4-6-12)18(24)21-16-15(20)13-7-8-25-17(13)16/h3-6,13,15-17H,7-8,20H2,1-2H3,(H,21,24)/t13-,15+,16-,17-/m1/s1. The summed E-state index contributed by atoms with van der Waals surface area (Å²) in [7, 11) is 0. The Bertz CT molecular complexity index is 817. The molecule has 0 radical (unpaired) electrons. The number of rotatable bonds is 3. The molecule has 0 bridgehead atoms. The van der Waals surface area contributed by atoms with E-state index in [9.17, 15) is 9.18 Å². The zero-order chi connectivity index (χ0) is 17.7. The Hall–Kier alpha value is -2.25. The normalized spacial score (nSPS) is 27.7. The van der Waals surface area contributed by atoms with Crippen molar-refractivity contribution in [2.75, 3.05) is 6.61 Å². The molecule has 1 aromatic heterocycles. The molecule has 0 unspecified atom stereocenters. The van der Waals surface area contributed by atoms with E-state index in [-0.39, 0.29) is 29.9 Å². The molecule has 6 nitrogen and oxygen atoms in total. The molecule has 2 heterocycles. The molecule has 132 valence electrons. The number of fused-ring (bicyclic) bond motifs is 1. The predicted molar refractivity (Wildman–Crippen MR) is 90.1 cm³/mol. The Morgan fingerprint density at radius 2 is 2.08 bits per heavy atom. The van der Waals surface area contributed by atoms with Gasteiger partial charge in [-0.05, 0) is 44.5 Å². The summed E-state index contributed by atoms with van der Waals surface area (Å²) in [6.07, 6.45) is 0.977. The first-order valence-corrected chi connectivity index (χ1v) is 8.47. The molecule has 1 aliphatic carbocycles. The predicted octanol–water partition coefficient (Wildman–Crippen LogP) is 1.47. The SMILES string of the molecule is Cc1nn(-c2ccc(F)cc2)c(C)c1C(=O)N[C@@H]1[C@@H](N)[C@H]2CCO[C@H]21. The molecule has 25 heavy (non-hydrogen) atoms. The van der Waals surface area contributed by atoms with E-state index in [0.717, 1.165) is 6.42 Å². The van der Waals surface area contributed by atoms with Crippen LogP contribution < -0.4 is 11.1 Å². The number of amides is 1. The minimum absolute atomic E-state index is 0.0201. The number of hydrogen-bond donors (Lipinski definition) is 2. The van der Waals surface area contributed by atoms with Crippen molar-refractivity contribution in [1.82, 2.24) is 15.1 Å². The van der Waals surface area contributed by atoms with Crippen molar-refractivity contribution in [2.45, 2.75) is 38.5 Å². The average molecular weight is 344 g/mol. The van der Waals surface area contributed by atoms with E-state index in [0.29, 0.717) is 35.2 Å². The van der Waals surface area contributed by atoms with Gasteiger partial charge in [0.15, 0.2) is 0 Å². The smallest absolute Gasteiger partial charge is 0.255 e. The van der Waals surface area contributed by atoms with Crippen LogP contribution >= 0.6 is 0 Å². The Kier molecular flexibility index (Phi) is 3.85. The number of aryl methyl sites for hydroxylation is 1. The minimum Gasteiger partial charge on any atom is -0.376 e. The third kappa shape index (κ3) is 2.54. The van der Waals surface area contributed by atoms with Crippen LogP contribution in [0.1, 0.15) is 28.2 Å². The van der Waals surface area contributed by atoms with Crippen molar-refractivity contribution >= 4 is 5.91 Å². The van der Waals surface area contributed by atoms with Crippen LogP contribution in [-0.4, -0.2) is 40.5 Å². The van der Waals surface area contributed by atoms with Gasteiger partial charge in [0.25, 0.3) is 5.91 Å². The number of hydrogen-bond acceptors (Lipinski definition) is 4. The van der Waals surface area contributed by atoms with E-state index >= 15 is 0 Å². The zero-order valence-corrected chi connectivity index (χ0v) is 14.2. The Morgan fingerprint density at radius 3 is 2.80 bits per heavy atom. The first kappa shape index (κ1) is 16.2. The summed E-state index contributed by atoms with van der Waals surface area (Å²) in [6.45, 7) is 4.32. The summed E-state index contributed by atoms with van der Waals surface area (Å²) < 4.78 is 20.4. The Balaban J connectivity index is 1.58. The molecule has 2 fully saturated rings. The molecular weight excluding hydrogens is 323 g/mol. The van der Waals surface area contributed by atoms with Crippen LogP contribution in [0.3, 0.4) is 0 Å². The monoisotopic (exact) mass is 344 g/mol. The molecule has 3 N–H and O–H groups in total. The van der Waals surface area contributed by atoms with Gasteiger partial charge in [-0.2, -0.15) is 5.10 Å². The van der Waals surface area contributed by atoms with Gasteiger partial charge in [-0.3, -0.25) is 4.79 Å². The maximum atomic E-state index is 13.1. The maximum absolute atomic E-state index is 13.1. The van der Waals surface area contributed by atoms with E-state index in [1.54, 1.807) is 23.7 Å². The number of nitrogens with zero attached hydrogens (tertiary/aromatic N) is 2. The maximum Gasteiger partial charge on any atom is 0.255 e. The first-order valence-electron chi connectivity index (χ1n) is 8.47. The second-order valence-corrected chi connectivity index (χ2v) is 6.80. The van der Waals surface area contributed by atoms with Crippen molar-refractivity contribution in [2.24, 2.45) is 11.7 Å². The van der Waals surface area contributed by atoms with Gasteiger partial charge in [0.2, 0.25) is 0 Å². The Morgan fingerprint density at radius 1 is 1.36 bits per heavy atom. The third-order valence-corrected chi connectivity index (χ3v) is 5.33. The molecule has 4 rings (SSSR count). The summed E-state index contributed by atoms with van der Waals surface area (Å²) >= 11 is 0. The fourth-order valence-electron chi connectivity index (χ4n) is 3.96. The highest BCUT2D eigenvalue weighted by molar-refractivity contribution is 5.97. The second-order valence-electron chi connectivity index (χ2n) is 6.80. The van der Waals surface area contributed by atoms with Crippen LogP contribution in [0.25, 0.3) is 5.69 Å². The molecular formula is C18H21FN4O2. The summed E-state index contributed by atoms with van der Waals surface area (Å²) in [5.74, 6) is -0.166. The largest absolute Gasteiger partial charge is 0.376 e. The molecule has 1 amide bonds. The molecule has 0 spiro atoms. The van der Waals surface area contributed by atoms with Crippen LogP contribution in [0.4, 0.5) is 4.39 Å². The number of aromatic nitrogens is 2. The molecule has 2 aliphatic rings. The van der Waals surface area contributed by atoms with Crippen LogP contribution in [0.15, 0.2) is 24.3 Å². The molecule has 2 aromatic rings. The van der Waals surface area contributed by atoms with E-state index in [2.05, 4.69) is 10.4 Å². The Labute approximate surface area is 145 Å². The fourth-order valence-corrected chi connectivity index (χ4v) is 3.96. The highest BCUT2D eigenvalue weighted by atomic mass is 19.1. The summed E-state index contributed by atoms with van der Waals surface area (Å²) in [4.78, 5) is 12.8. The van der Waals surface area contributed by atoms with E-state index in [1.807, 2.05) is 6.92 Å². The molecule has 1 saturated carbocycles. The van der Waals surface area contributed by atoms with Crippen LogP contribution in [0.2, 0.25) is 0 Å². The van der Waals surface area contributed by atoms with Gasteiger partial charge < -0.3 is 15.8 Å². The number of ether oxygens (including phenoxy) is 1. The van der Waals surface area contributed by atoms with E-state index in [1.165, 1.54) is 12.1 Å². The third-order valence-electron chi connectivity index (χ3n) is 5.33. The lowest BCUT2D eigenvalue weighted by atomic mass is 9.72. The fraction of sp³-hybridized carbons (Fsp3) is 0.444. The number of carbonyl (C=O) groups is 1. The van der Waals surface area contributed by atoms with Crippen LogP contribution in [0.5, 0.6) is 0 Å². The molecule has 7 heteroatoms. The van der Waals surface area contributed by atoms with Crippen molar-refractivity contribution in [1.29, 1.82) is 0 Å². The second kappa shape index (κ2) is 5.93.